The van der Waals surface area contributed by atoms with Gasteiger partial charge in [0.2, 0.25) is 5.91 Å². The summed E-state index contributed by atoms with van der Waals surface area (Å²) in [7, 11) is 0. The molecule has 1 aliphatic heterocycles. The molecule has 3 heterocycles. The third kappa shape index (κ3) is 2.70. The van der Waals surface area contributed by atoms with E-state index in [0.717, 1.165) is 0 Å². The van der Waals surface area contributed by atoms with Gasteiger partial charge in [-0.1, -0.05) is 6.07 Å². The predicted octanol–water partition coefficient (Wildman–Crippen LogP) is -0.0223. The largest absolute Gasteiger partial charge is 0.479 e. The third-order valence-corrected chi connectivity index (χ3v) is 3.39. The van der Waals surface area contributed by atoms with E-state index in [1.54, 1.807) is 4.40 Å². The topological polar surface area (TPSA) is 106 Å². The molecule has 0 spiro atoms. The Morgan fingerprint density at radius 3 is 2.90 bits per heavy atom. The molecule has 3 rings (SSSR count). The van der Waals surface area contributed by atoms with Crippen molar-refractivity contribution in [3.63, 3.8) is 0 Å². The third-order valence-electron chi connectivity index (χ3n) is 3.39. The minimum atomic E-state index is -1.03. The number of nitrogens with zero attached hydrogens (tertiary/aromatic N) is 3. The van der Waals surface area contributed by atoms with Gasteiger partial charge in [-0.15, -0.1) is 10.2 Å². The summed E-state index contributed by atoms with van der Waals surface area (Å²) in [6, 6.07) is 5.51. The zero-order valence-corrected chi connectivity index (χ0v) is 11.1. The van der Waals surface area contributed by atoms with Crippen LogP contribution in [0, 0.1) is 0 Å². The first-order valence-electron chi connectivity index (χ1n) is 6.60. The number of hydrogen-bond acceptors (Lipinski definition) is 5. The number of pyridine rings is 1. The second kappa shape index (κ2) is 5.49. The zero-order chi connectivity index (χ0) is 14.8. The van der Waals surface area contributed by atoms with Crippen molar-refractivity contribution in [2.75, 3.05) is 0 Å². The van der Waals surface area contributed by atoms with E-state index in [1.165, 1.54) is 0 Å². The van der Waals surface area contributed by atoms with Crippen molar-refractivity contribution in [1.29, 1.82) is 0 Å². The molecule has 2 atom stereocenters. The van der Waals surface area contributed by atoms with E-state index >= 15 is 0 Å². The molecule has 0 aromatic carbocycles. The Morgan fingerprint density at radius 1 is 1.33 bits per heavy atom. The molecule has 8 heteroatoms. The van der Waals surface area contributed by atoms with Crippen molar-refractivity contribution < 1.29 is 19.4 Å². The number of fused-ring (bicyclic) bond motifs is 1. The maximum Gasteiger partial charge on any atom is 0.332 e. The van der Waals surface area contributed by atoms with E-state index < -0.39 is 18.2 Å². The lowest BCUT2D eigenvalue weighted by Gasteiger charge is -2.11. The molecule has 1 amide bonds. The molecule has 110 valence electrons. The molecule has 0 radical (unpaired) electrons. The van der Waals surface area contributed by atoms with E-state index in [9.17, 15) is 9.59 Å². The van der Waals surface area contributed by atoms with Gasteiger partial charge in [0.15, 0.2) is 17.6 Å². The molecule has 2 N–H and O–H groups in total. The summed E-state index contributed by atoms with van der Waals surface area (Å²) in [5, 5.41) is 19.5. The van der Waals surface area contributed by atoms with Crippen LogP contribution in [0.25, 0.3) is 5.65 Å². The van der Waals surface area contributed by atoms with Gasteiger partial charge in [0.1, 0.15) is 6.10 Å². The van der Waals surface area contributed by atoms with Gasteiger partial charge in [-0.3, -0.25) is 9.20 Å². The van der Waals surface area contributed by atoms with Crippen LogP contribution in [0.1, 0.15) is 18.7 Å². The zero-order valence-electron chi connectivity index (χ0n) is 11.1. The van der Waals surface area contributed by atoms with E-state index in [2.05, 4.69) is 15.5 Å². The standard InChI is InChI=1S/C13H14N4O4/c18-12(8-4-5-9(21-8)13(19)20)14-7-11-16-15-10-3-1-2-6-17(10)11/h1-3,6,8-9H,4-5,7H2,(H,14,18)(H,19,20)/t8-,9+/m0/s1. The van der Waals surface area contributed by atoms with Gasteiger partial charge in [0.25, 0.3) is 0 Å². The van der Waals surface area contributed by atoms with Crippen molar-refractivity contribution in [1.82, 2.24) is 19.9 Å². The number of aromatic nitrogens is 3. The second-order valence-corrected chi connectivity index (χ2v) is 4.79. The van der Waals surface area contributed by atoms with Gasteiger partial charge in [0.05, 0.1) is 6.54 Å². The van der Waals surface area contributed by atoms with Gasteiger partial charge in [0, 0.05) is 6.20 Å². The monoisotopic (exact) mass is 290 g/mol. The fourth-order valence-corrected chi connectivity index (χ4v) is 2.30. The number of carboxylic acids is 1. The van der Waals surface area contributed by atoms with Crippen LogP contribution in [-0.2, 0) is 20.9 Å². The lowest BCUT2D eigenvalue weighted by molar-refractivity contribution is -0.151. The first kappa shape index (κ1) is 13.5. The summed E-state index contributed by atoms with van der Waals surface area (Å²) >= 11 is 0. The molecular weight excluding hydrogens is 276 g/mol. The van der Waals surface area contributed by atoms with Crippen LogP contribution in [0.5, 0.6) is 0 Å². The van der Waals surface area contributed by atoms with Gasteiger partial charge in [-0.25, -0.2) is 4.79 Å². The molecule has 8 nitrogen and oxygen atoms in total. The van der Waals surface area contributed by atoms with Crippen molar-refractivity contribution >= 4 is 17.5 Å². The van der Waals surface area contributed by atoms with Gasteiger partial charge in [-0.05, 0) is 25.0 Å². The van der Waals surface area contributed by atoms with Crippen molar-refractivity contribution in [2.24, 2.45) is 0 Å². The molecule has 2 aromatic heterocycles. The minimum absolute atomic E-state index is 0.210. The molecule has 0 unspecified atom stereocenters. The number of carboxylic acid groups (broad SMARTS) is 1. The number of rotatable bonds is 4. The highest BCUT2D eigenvalue weighted by molar-refractivity contribution is 5.82. The highest BCUT2D eigenvalue weighted by Gasteiger charge is 2.34. The molecule has 2 aromatic rings. The minimum Gasteiger partial charge on any atom is -0.479 e. The lowest BCUT2D eigenvalue weighted by Crippen LogP contribution is -2.35. The fraction of sp³-hybridized carbons (Fsp3) is 0.385. The Hall–Kier alpha value is -2.48. The number of nitrogens with one attached hydrogen (secondary N) is 1. The maximum absolute atomic E-state index is 12.0. The molecule has 21 heavy (non-hydrogen) atoms. The summed E-state index contributed by atoms with van der Waals surface area (Å²) < 4.78 is 6.96. The Kier molecular flexibility index (Phi) is 3.53. The van der Waals surface area contributed by atoms with Crippen LogP contribution >= 0.6 is 0 Å². The molecule has 1 saturated heterocycles. The predicted molar refractivity (Wildman–Crippen MR) is 70.4 cm³/mol. The van der Waals surface area contributed by atoms with E-state index in [0.29, 0.717) is 24.3 Å². The fourth-order valence-electron chi connectivity index (χ4n) is 2.30. The first-order valence-corrected chi connectivity index (χ1v) is 6.60. The van der Waals surface area contributed by atoms with Crippen LogP contribution in [0.3, 0.4) is 0 Å². The maximum atomic E-state index is 12.0. The molecule has 0 saturated carbocycles. The van der Waals surface area contributed by atoms with Gasteiger partial charge >= 0.3 is 5.97 Å². The van der Waals surface area contributed by atoms with Crippen LogP contribution < -0.4 is 5.32 Å². The average Bonchev–Trinajstić information content (AvgIpc) is 3.12. The highest BCUT2D eigenvalue weighted by Crippen LogP contribution is 2.20. The smallest absolute Gasteiger partial charge is 0.332 e. The average molecular weight is 290 g/mol. The van der Waals surface area contributed by atoms with Gasteiger partial charge in [-0.2, -0.15) is 0 Å². The number of amides is 1. The molecule has 1 fully saturated rings. The van der Waals surface area contributed by atoms with Crippen LogP contribution in [0.15, 0.2) is 24.4 Å². The first-order chi connectivity index (χ1) is 10.1. The normalized spacial score (nSPS) is 21.5. The Balaban J connectivity index is 1.60. The highest BCUT2D eigenvalue weighted by atomic mass is 16.5. The number of carbonyl (C=O) groups is 2. The quantitative estimate of drug-likeness (QED) is 0.819. The van der Waals surface area contributed by atoms with E-state index in [1.807, 2.05) is 24.4 Å². The molecular formula is C13H14N4O4. The lowest BCUT2D eigenvalue weighted by atomic mass is 10.2. The number of carbonyl (C=O) groups excluding carboxylic acids is 1. The summed E-state index contributed by atoms with van der Waals surface area (Å²) in [4.78, 5) is 22.7. The number of hydrogen-bond donors (Lipinski definition) is 2. The summed E-state index contributed by atoms with van der Waals surface area (Å²) in [6.07, 6.45) is 0.952. The van der Waals surface area contributed by atoms with Crippen molar-refractivity contribution in [2.45, 2.75) is 31.6 Å². The number of aliphatic carboxylic acids is 1. The summed E-state index contributed by atoms with van der Waals surface area (Å²) in [5.41, 5.74) is 0.699. The van der Waals surface area contributed by atoms with Crippen LogP contribution in [-0.4, -0.2) is 43.8 Å². The Labute approximate surface area is 119 Å². The van der Waals surface area contributed by atoms with Crippen molar-refractivity contribution in [3.8, 4) is 0 Å². The van der Waals surface area contributed by atoms with E-state index in [-0.39, 0.29) is 12.5 Å². The summed E-state index contributed by atoms with van der Waals surface area (Å²) in [6.45, 7) is 0.210. The van der Waals surface area contributed by atoms with Gasteiger partial charge < -0.3 is 15.2 Å². The van der Waals surface area contributed by atoms with Crippen LogP contribution in [0.4, 0.5) is 0 Å². The summed E-state index contributed by atoms with van der Waals surface area (Å²) in [5.74, 6) is -0.757. The molecule has 0 bridgehead atoms. The van der Waals surface area contributed by atoms with Crippen LogP contribution in [0.2, 0.25) is 0 Å². The number of ether oxygens (including phenoxy) is 1. The molecule has 0 aliphatic carbocycles. The van der Waals surface area contributed by atoms with E-state index in [4.69, 9.17) is 9.84 Å². The SMILES string of the molecule is O=C(NCc1nnc2ccccn12)[C@@H]1CC[C@H](C(=O)O)O1. The molecule has 1 aliphatic rings. The Morgan fingerprint density at radius 2 is 2.14 bits per heavy atom. The second-order valence-electron chi connectivity index (χ2n) is 4.79. The van der Waals surface area contributed by atoms with Crippen molar-refractivity contribution in [3.05, 3.63) is 30.2 Å². The Bertz CT molecular complexity index is 684.